The van der Waals surface area contributed by atoms with Gasteiger partial charge in [-0.3, -0.25) is 4.79 Å². The van der Waals surface area contributed by atoms with Crippen molar-refractivity contribution in [1.82, 2.24) is 9.97 Å². The molecule has 1 amide bonds. The topological polar surface area (TPSA) is 78.7 Å². The normalized spacial score (nSPS) is 10.4. The Morgan fingerprint density at radius 2 is 1.79 bits per heavy atom. The van der Waals surface area contributed by atoms with Gasteiger partial charge >= 0.3 is 0 Å². The van der Waals surface area contributed by atoms with Gasteiger partial charge in [0.05, 0.1) is 33.0 Å². The molecular formula is C18H13ClN4O. The summed E-state index contributed by atoms with van der Waals surface area (Å²) in [6, 6.07) is 11.9. The van der Waals surface area contributed by atoms with Crippen molar-refractivity contribution in [3.63, 3.8) is 0 Å². The Kier molecular flexibility index (Phi) is 4.15. The van der Waals surface area contributed by atoms with Crippen LogP contribution in [0.4, 0.5) is 5.69 Å². The lowest BCUT2D eigenvalue weighted by molar-refractivity contribution is 0.102. The molecule has 0 saturated heterocycles. The first kappa shape index (κ1) is 15.9. The van der Waals surface area contributed by atoms with E-state index in [4.69, 9.17) is 16.9 Å². The van der Waals surface area contributed by atoms with E-state index < -0.39 is 0 Å². The minimum Gasteiger partial charge on any atom is -0.322 e. The smallest absolute Gasteiger partial charge is 0.255 e. The van der Waals surface area contributed by atoms with Gasteiger partial charge in [0.25, 0.3) is 5.91 Å². The van der Waals surface area contributed by atoms with Gasteiger partial charge < -0.3 is 5.32 Å². The van der Waals surface area contributed by atoms with E-state index in [1.165, 1.54) is 0 Å². The highest BCUT2D eigenvalue weighted by atomic mass is 35.5. The van der Waals surface area contributed by atoms with Crippen LogP contribution in [-0.4, -0.2) is 15.9 Å². The van der Waals surface area contributed by atoms with Gasteiger partial charge in [-0.15, -0.1) is 0 Å². The van der Waals surface area contributed by atoms with E-state index in [9.17, 15) is 4.79 Å². The summed E-state index contributed by atoms with van der Waals surface area (Å²) >= 11 is 5.98. The number of hydrogen-bond donors (Lipinski definition) is 1. The van der Waals surface area contributed by atoms with Crippen molar-refractivity contribution in [3.05, 3.63) is 63.9 Å². The van der Waals surface area contributed by atoms with E-state index in [-0.39, 0.29) is 5.91 Å². The number of anilines is 1. The second kappa shape index (κ2) is 6.26. The number of fused-ring (bicyclic) bond motifs is 1. The number of nitrogens with zero attached hydrogens (tertiary/aromatic N) is 3. The average molecular weight is 337 g/mol. The van der Waals surface area contributed by atoms with Crippen LogP contribution in [0.3, 0.4) is 0 Å². The molecule has 0 unspecified atom stereocenters. The molecule has 3 rings (SSSR count). The van der Waals surface area contributed by atoms with Crippen molar-refractivity contribution in [3.8, 4) is 6.07 Å². The minimum atomic E-state index is -0.280. The highest BCUT2D eigenvalue weighted by Gasteiger charge is 2.10. The molecule has 0 radical (unpaired) electrons. The molecule has 0 aliphatic rings. The van der Waals surface area contributed by atoms with E-state index >= 15 is 0 Å². The highest BCUT2D eigenvalue weighted by Crippen LogP contribution is 2.21. The third-order valence-corrected chi connectivity index (χ3v) is 4.00. The fraction of sp³-hybridized carbons (Fsp3) is 0.111. The minimum absolute atomic E-state index is 0.280. The lowest BCUT2D eigenvalue weighted by atomic mass is 10.1. The van der Waals surface area contributed by atoms with Gasteiger partial charge in [0.2, 0.25) is 0 Å². The molecule has 0 aliphatic carbocycles. The van der Waals surface area contributed by atoms with Crippen LogP contribution in [0.1, 0.15) is 27.3 Å². The lowest BCUT2D eigenvalue weighted by Crippen LogP contribution is -2.12. The number of aromatic nitrogens is 2. The largest absolute Gasteiger partial charge is 0.322 e. The molecule has 0 bridgehead atoms. The molecule has 118 valence electrons. The van der Waals surface area contributed by atoms with Crippen molar-refractivity contribution in [2.45, 2.75) is 13.8 Å². The standard InChI is InChI=1S/C18H13ClN4O/c1-10-11(2)22-17-7-12(4-6-16(17)21-10)18(24)23-14-5-3-13(9-20)15(19)8-14/h3-8H,1-2H3,(H,23,24). The van der Waals surface area contributed by atoms with Crippen molar-refractivity contribution in [2.24, 2.45) is 0 Å². The SMILES string of the molecule is Cc1nc2ccc(C(=O)Nc3ccc(C#N)c(Cl)c3)cc2nc1C. The van der Waals surface area contributed by atoms with Crippen LogP contribution in [0.15, 0.2) is 36.4 Å². The summed E-state index contributed by atoms with van der Waals surface area (Å²) in [5, 5.41) is 11.9. The van der Waals surface area contributed by atoms with Crippen LogP contribution in [0.25, 0.3) is 11.0 Å². The molecule has 1 heterocycles. The summed E-state index contributed by atoms with van der Waals surface area (Å²) in [5.74, 6) is -0.280. The number of aryl methyl sites for hydroxylation is 2. The number of rotatable bonds is 2. The van der Waals surface area contributed by atoms with Gasteiger partial charge in [-0.05, 0) is 50.2 Å². The molecule has 1 N–H and O–H groups in total. The van der Waals surface area contributed by atoms with Gasteiger partial charge in [0, 0.05) is 11.3 Å². The van der Waals surface area contributed by atoms with Crippen molar-refractivity contribution in [2.75, 3.05) is 5.32 Å². The van der Waals surface area contributed by atoms with Crippen molar-refractivity contribution in [1.29, 1.82) is 5.26 Å². The fourth-order valence-electron chi connectivity index (χ4n) is 2.26. The van der Waals surface area contributed by atoms with E-state index in [2.05, 4.69) is 15.3 Å². The zero-order chi connectivity index (χ0) is 17.3. The molecule has 3 aromatic rings. The van der Waals surface area contributed by atoms with Gasteiger partial charge in [-0.2, -0.15) is 5.26 Å². The van der Waals surface area contributed by atoms with Crippen LogP contribution in [0, 0.1) is 25.2 Å². The Morgan fingerprint density at radius 1 is 1.08 bits per heavy atom. The summed E-state index contributed by atoms with van der Waals surface area (Å²) in [4.78, 5) is 21.3. The third-order valence-electron chi connectivity index (χ3n) is 3.68. The molecule has 0 spiro atoms. The van der Waals surface area contributed by atoms with Gasteiger partial charge in [-0.25, -0.2) is 9.97 Å². The summed E-state index contributed by atoms with van der Waals surface area (Å²) in [7, 11) is 0. The Labute approximate surface area is 143 Å². The molecule has 0 saturated carbocycles. The van der Waals surface area contributed by atoms with E-state index in [1.54, 1.807) is 36.4 Å². The molecule has 6 heteroatoms. The third kappa shape index (κ3) is 3.05. The predicted molar refractivity (Wildman–Crippen MR) is 93.1 cm³/mol. The number of halogens is 1. The number of hydrogen-bond acceptors (Lipinski definition) is 4. The summed E-state index contributed by atoms with van der Waals surface area (Å²) in [6.07, 6.45) is 0. The first-order chi connectivity index (χ1) is 11.5. The maximum absolute atomic E-state index is 12.4. The molecular weight excluding hydrogens is 324 g/mol. The molecule has 1 aromatic heterocycles. The number of nitriles is 1. The Morgan fingerprint density at radius 3 is 2.46 bits per heavy atom. The second-order valence-corrected chi connectivity index (χ2v) is 5.77. The van der Waals surface area contributed by atoms with E-state index in [1.807, 2.05) is 19.9 Å². The van der Waals surface area contributed by atoms with Gasteiger partial charge in [0.1, 0.15) is 6.07 Å². The Hall–Kier alpha value is -2.97. The van der Waals surface area contributed by atoms with Crippen LogP contribution in [0.5, 0.6) is 0 Å². The van der Waals surface area contributed by atoms with Crippen LogP contribution < -0.4 is 5.32 Å². The number of amides is 1. The van der Waals surface area contributed by atoms with Crippen molar-refractivity contribution >= 4 is 34.2 Å². The quantitative estimate of drug-likeness (QED) is 0.766. The number of nitrogens with one attached hydrogen (secondary N) is 1. The highest BCUT2D eigenvalue weighted by molar-refractivity contribution is 6.32. The number of carbonyl (C=O) groups excluding carboxylic acids is 1. The molecule has 0 fully saturated rings. The maximum Gasteiger partial charge on any atom is 0.255 e. The first-order valence-electron chi connectivity index (χ1n) is 7.24. The molecule has 2 aromatic carbocycles. The Balaban J connectivity index is 1.90. The molecule has 5 nitrogen and oxygen atoms in total. The number of benzene rings is 2. The first-order valence-corrected chi connectivity index (χ1v) is 7.62. The summed E-state index contributed by atoms with van der Waals surface area (Å²) < 4.78 is 0. The molecule has 0 aliphatic heterocycles. The van der Waals surface area contributed by atoms with Gasteiger partial charge in [-0.1, -0.05) is 11.6 Å². The van der Waals surface area contributed by atoms with E-state index in [0.29, 0.717) is 27.4 Å². The summed E-state index contributed by atoms with van der Waals surface area (Å²) in [5.41, 5.74) is 4.47. The van der Waals surface area contributed by atoms with Gasteiger partial charge in [0.15, 0.2) is 0 Å². The van der Waals surface area contributed by atoms with Crippen LogP contribution in [0.2, 0.25) is 5.02 Å². The van der Waals surface area contributed by atoms with Crippen LogP contribution >= 0.6 is 11.6 Å². The van der Waals surface area contributed by atoms with Crippen LogP contribution in [-0.2, 0) is 0 Å². The molecule has 0 atom stereocenters. The summed E-state index contributed by atoms with van der Waals surface area (Å²) in [6.45, 7) is 3.78. The zero-order valence-corrected chi connectivity index (χ0v) is 13.8. The number of carbonyl (C=O) groups is 1. The molecule has 24 heavy (non-hydrogen) atoms. The second-order valence-electron chi connectivity index (χ2n) is 5.36. The zero-order valence-electron chi connectivity index (χ0n) is 13.1. The monoisotopic (exact) mass is 336 g/mol. The average Bonchev–Trinajstić information content (AvgIpc) is 2.55. The predicted octanol–water partition coefficient (Wildman–Crippen LogP) is 4.02. The lowest BCUT2D eigenvalue weighted by Gasteiger charge is -2.08. The maximum atomic E-state index is 12.4. The fourth-order valence-corrected chi connectivity index (χ4v) is 2.48. The Bertz CT molecular complexity index is 1010. The van der Waals surface area contributed by atoms with Crippen molar-refractivity contribution < 1.29 is 4.79 Å². The van der Waals surface area contributed by atoms with E-state index in [0.717, 1.165) is 16.9 Å².